The van der Waals surface area contributed by atoms with Crippen molar-refractivity contribution in [3.05, 3.63) is 66.4 Å². The molecule has 0 fully saturated rings. The Labute approximate surface area is 113 Å². The van der Waals surface area contributed by atoms with Gasteiger partial charge in [-0.3, -0.25) is 14.3 Å². The Kier molecular flexibility index (Phi) is 3.59. The van der Waals surface area contributed by atoms with E-state index in [9.17, 15) is 9.59 Å². The molecule has 0 saturated carbocycles. The quantitative estimate of drug-likeness (QED) is 0.860. The minimum absolute atomic E-state index is 0.0698. The first-order valence-electron chi connectivity index (χ1n) is 5.23. The molecule has 2 aromatic rings. The molecule has 6 heteroatoms. The van der Waals surface area contributed by atoms with E-state index in [4.69, 9.17) is 23.2 Å². The van der Waals surface area contributed by atoms with Crippen LogP contribution in [0.2, 0.25) is 10.2 Å². The summed E-state index contributed by atoms with van der Waals surface area (Å²) < 4.78 is 1.07. The van der Waals surface area contributed by atoms with Crippen molar-refractivity contribution in [1.82, 2.24) is 9.55 Å². The molecule has 1 heterocycles. The van der Waals surface area contributed by atoms with Crippen molar-refractivity contribution >= 4 is 23.2 Å². The predicted octanol–water partition coefficient (Wildman–Crippen LogP) is 2.20. The topological polar surface area (TPSA) is 54.9 Å². The Balaban J connectivity index is 2.55. The van der Waals surface area contributed by atoms with Gasteiger partial charge in [-0.25, -0.2) is 4.79 Å². The van der Waals surface area contributed by atoms with Crippen LogP contribution in [0.25, 0.3) is 0 Å². The molecule has 0 aliphatic rings. The Morgan fingerprint density at radius 1 is 1.22 bits per heavy atom. The summed E-state index contributed by atoms with van der Waals surface area (Å²) in [6.07, 6.45) is 0. The van der Waals surface area contributed by atoms with Gasteiger partial charge in [-0.05, 0) is 18.6 Å². The number of benzene rings is 1. The molecule has 1 aromatic heterocycles. The molecule has 0 unspecified atom stereocenters. The number of halogens is 2. The minimum atomic E-state index is -0.546. The zero-order chi connectivity index (χ0) is 13.3. The molecule has 1 aromatic carbocycles. The van der Waals surface area contributed by atoms with Gasteiger partial charge in [0, 0.05) is 10.6 Å². The van der Waals surface area contributed by atoms with Crippen molar-refractivity contribution in [2.24, 2.45) is 0 Å². The standard InChI is InChI=1S/C12H10Cl2N2O2/c1-7-10(14)15-12(18)16(11(7)17)6-8-4-2-3-5-9(8)13/h2-5H,6H2,1H3,(H,15,18). The van der Waals surface area contributed by atoms with E-state index in [0.717, 1.165) is 4.57 Å². The van der Waals surface area contributed by atoms with Crippen LogP contribution in [0.4, 0.5) is 0 Å². The summed E-state index contributed by atoms with van der Waals surface area (Å²) >= 11 is 11.7. The number of nitrogens with one attached hydrogen (secondary N) is 1. The van der Waals surface area contributed by atoms with Crippen LogP contribution >= 0.6 is 23.2 Å². The average Bonchev–Trinajstić information content (AvgIpc) is 2.34. The molecule has 2 rings (SSSR count). The average molecular weight is 285 g/mol. The van der Waals surface area contributed by atoms with E-state index in [1.807, 2.05) is 0 Å². The van der Waals surface area contributed by atoms with Gasteiger partial charge >= 0.3 is 5.69 Å². The largest absolute Gasteiger partial charge is 0.329 e. The second-order valence-electron chi connectivity index (χ2n) is 3.85. The van der Waals surface area contributed by atoms with Gasteiger partial charge in [0.2, 0.25) is 0 Å². The lowest BCUT2D eigenvalue weighted by Gasteiger charge is -2.08. The second kappa shape index (κ2) is 5.00. The van der Waals surface area contributed by atoms with Crippen LogP contribution in [0.15, 0.2) is 33.9 Å². The molecule has 0 aliphatic heterocycles. The third-order valence-electron chi connectivity index (χ3n) is 2.64. The van der Waals surface area contributed by atoms with E-state index in [1.54, 1.807) is 31.2 Å². The fraction of sp³-hybridized carbons (Fsp3) is 0.167. The van der Waals surface area contributed by atoms with E-state index in [2.05, 4.69) is 4.98 Å². The number of rotatable bonds is 2. The number of aromatic amines is 1. The van der Waals surface area contributed by atoms with Gasteiger partial charge in [0.05, 0.1) is 6.54 Å². The maximum absolute atomic E-state index is 11.9. The van der Waals surface area contributed by atoms with Gasteiger partial charge in [-0.15, -0.1) is 0 Å². The normalized spacial score (nSPS) is 10.6. The molecule has 18 heavy (non-hydrogen) atoms. The smallest absolute Gasteiger partial charge is 0.297 e. The SMILES string of the molecule is Cc1c(Cl)[nH]c(=O)n(Cc2ccccc2Cl)c1=O. The van der Waals surface area contributed by atoms with Crippen molar-refractivity contribution in [2.75, 3.05) is 0 Å². The van der Waals surface area contributed by atoms with Crippen LogP contribution in [-0.2, 0) is 6.54 Å². The number of H-pyrrole nitrogens is 1. The summed E-state index contributed by atoms with van der Waals surface area (Å²) in [5.74, 6) is 0. The number of hydrogen-bond donors (Lipinski definition) is 1. The Hall–Kier alpha value is -1.52. The molecule has 1 N–H and O–H groups in total. The number of nitrogens with zero attached hydrogens (tertiary/aromatic N) is 1. The van der Waals surface area contributed by atoms with Gasteiger partial charge in [0.25, 0.3) is 5.56 Å². The molecule has 0 bridgehead atoms. The zero-order valence-corrected chi connectivity index (χ0v) is 11.0. The van der Waals surface area contributed by atoms with Crippen molar-refractivity contribution in [3.8, 4) is 0 Å². The van der Waals surface area contributed by atoms with E-state index in [0.29, 0.717) is 16.1 Å². The van der Waals surface area contributed by atoms with Crippen LogP contribution in [0, 0.1) is 6.92 Å². The molecule has 0 atom stereocenters. The van der Waals surface area contributed by atoms with Crippen LogP contribution in [0.5, 0.6) is 0 Å². The first-order valence-corrected chi connectivity index (χ1v) is 5.99. The maximum Gasteiger partial charge on any atom is 0.329 e. The van der Waals surface area contributed by atoms with Crippen LogP contribution in [0.3, 0.4) is 0 Å². The van der Waals surface area contributed by atoms with E-state index < -0.39 is 11.2 Å². The first-order chi connectivity index (χ1) is 8.50. The summed E-state index contributed by atoms with van der Waals surface area (Å²) in [6.45, 7) is 1.68. The fourth-order valence-electron chi connectivity index (χ4n) is 1.58. The van der Waals surface area contributed by atoms with Gasteiger partial charge in [-0.1, -0.05) is 41.4 Å². The highest BCUT2D eigenvalue weighted by molar-refractivity contribution is 6.31. The Morgan fingerprint density at radius 3 is 2.56 bits per heavy atom. The molecular formula is C12H10Cl2N2O2. The summed E-state index contributed by atoms with van der Waals surface area (Å²) in [4.78, 5) is 26.1. The van der Waals surface area contributed by atoms with Gasteiger partial charge in [-0.2, -0.15) is 0 Å². The monoisotopic (exact) mass is 284 g/mol. The van der Waals surface area contributed by atoms with Gasteiger partial charge < -0.3 is 0 Å². The third-order valence-corrected chi connectivity index (χ3v) is 3.39. The van der Waals surface area contributed by atoms with Crippen molar-refractivity contribution < 1.29 is 0 Å². The lowest BCUT2D eigenvalue weighted by Crippen LogP contribution is -2.36. The summed E-state index contributed by atoms with van der Waals surface area (Å²) in [5, 5.41) is 0.580. The van der Waals surface area contributed by atoms with E-state index in [-0.39, 0.29) is 11.7 Å². The van der Waals surface area contributed by atoms with Crippen molar-refractivity contribution in [3.63, 3.8) is 0 Å². The minimum Gasteiger partial charge on any atom is -0.297 e. The highest BCUT2D eigenvalue weighted by Crippen LogP contribution is 2.15. The molecule has 0 aliphatic carbocycles. The van der Waals surface area contributed by atoms with Crippen molar-refractivity contribution in [2.45, 2.75) is 13.5 Å². The molecule has 0 saturated heterocycles. The van der Waals surface area contributed by atoms with Gasteiger partial charge in [0.15, 0.2) is 0 Å². The lowest BCUT2D eigenvalue weighted by atomic mass is 10.2. The summed E-state index contributed by atoms with van der Waals surface area (Å²) in [6, 6.07) is 7.05. The Morgan fingerprint density at radius 2 is 1.89 bits per heavy atom. The zero-order valence-electron chi connectivity index (χ0n) is 9.54. The second-order valence-corrected chi connectivity index (χ2v) is 4.64. The van der Waals surface area contributed by atoms with E-state index >= 15 is 0 Å². The number of aromatic nitrogens is 2. The molecule has 94 valence electrons. The maximum atomic E-state index is 11.9. The summed E-state index contributed by atoms with van der Waals surface area (Å²) in [7, 11) is 0. The highest BCUT2D eigenvalue weighted by Gasteiger charge is 2.10. The molecule has 0 radical (unpaired) electrons. The molecule has 0 spiro atoms. The van der Waals surface area contributed by atoms with Crippen LogP contribution < -0.4 is 11.2 Å². The van der Waals surface area contributed by atoms with Crippen LogP contribution in [0.1, 0.15) is 11.1 Å². The fourth-order valence-corrected chi connectivity index (χ4v) is 1.94. The molecule has 0 amide bonds. The molecular weight excluding hydrogens is 275 g/mol. The third kappa shape index (κ3) is 2.35. The van der Waals surface area contributed by atoms with Gasteiger partial charge in [0.1, 0.15) is 5.15 Å². The summed E-state index contributed by atoms with van der Waals surface area (Å²) in [5.41, 5.74) is 0.0519. The van der Waals surface area contributed by atoms with Crippen molar-refractivity contribution in [1.29, 1.82) is 0 Å². The lowest BCUT2D eigenvalue weighted by molar-refractivity contribution is 0.692. The van der Waals surface area contributed by atoms with E-state index in [1.165, 1.54) is 0 Å². The number of hydrogen-bond acceptors (Lipinski definition) is 2. The highest BCUT2D eigenvalue weighted by atomic mass is 35.5. The predicted molar refractivity (Wildman–Crippen MR) is 71.6 cm³/mol. The first kappa shape index (κ1) is 12.9. The molecule has 4 nitrogen and oxygen atoms in total. The van der Waals surface area contributed by atoms with Crippen LogP contribution in [-0.4, -0.2) is 9.55 Å². The Bertz CT molecular complexity index is 704.